The van der Waals surface area contributed by atoms with Gasteiger partial charge >= 0.3 is 0 Å². The van der Waals surface area contributed by atoms with E-state index >= 15 is 0 Å². The van der Waals surface area contributed by atoms with Crippen LogP contribution >= 0.6 is 0 Å². The molecule has 0 aliphatic heterocycles. The summed E-state index contributed by atoms with van der Waals surface area (Å²) in [7, 11) is 0. The second kappa shape index (κ2) is 5.35. The van der Waals surface area contributed by atoms with Crippen molar-refractivity contribution in [3.63, 3.8) is 0 Å². The number of hydrogen-bond acceptors (Lipinski definition) is 2. The molecule has 2 rings (SSSR count). The Morgan fingerprint density at radius 3 is 2.50 bits per heavy atom. The van der Waals surface area contributed by atoms with Gasteiger partial charge in [0.05, 0.1) is 0 Å². The van der Waals surface area contributed by atoms with Crippen molar-refractivity contribution in [1.82, 2.24) is 0 Å². The summed E-state index contributed by atoms with van der Waals surface area (Å²) in [6.07, 6.45) is 5.22. The van der Waals surface area contributed by atoms with Crippen LogP contribution in [0.1, 0.15) is 31.2 Å². The number of aryl methyl sites for hydroxylation is 1. The fraction of sp³-hybridized carbons (Fsp3) is 0.571. The van der Waals surface area contributed by atoms with Gasteiger partial charge in [-0.05, 0) is 37.8 Å². The lowest BCUT2D eigenvalue weighted by Gasteiger charge is -2.19. The molecule has 1 atom stereocenters. The van der Waals surface area contributed by atoms with Gasteiger partial charge in [0.1, 0.15) is 12.4 Å². The molecular formula is C14H21NO. The molecule has 2 N–H and O–H groups in total. The highest BCUT2D eigenvalue weighted by Gasteiger charge is 2.22. The monoisotopic (exact) mass is 219 g/mol. The Bertz CT molecular complexity index is 314. The van der Waals surface area contributed by atoms with Crippen molar-refractivity contribution in [2.75, 3.05) is 6.61 Å². The van der Waals surface area contributed by atoms with Crippen molar-refractivity contribution in [2.24, 2.45) is 11.7 Å². The third-order valence-corrected chi connectivity index (χ3v) is 3.47. The highest BCUT2D eigenvalue weighted by molar-refractivity contribution is 5.26. The van der Waals surface area contributed by atoms with Crippen molar-refractivity contribution in [2.45, 2.75) is 38.6 Å². The van der Waals surface area contributed by atoms with E-state index in [-0.39, 0.29) is 6.04 Å². The van der Waals surface area contributed by atoms with Gasteiger partial charge in [0.15, 0.2) is 0 Å². The molecule has 1 fully saturated rings. The predicted octanol–water partition coefficient (Wildman–Crippen LogP) is 2.89. The molecule has 16 heavy (non-hydrogen) atoms. The predicted molar refractivity (Wildman–Crippen MR) is 66.6 cm³/mol. The smallest absolute Gasteiger partial charge is 0.119 e. The van der Waals surface area contributed by atoms with Gasteiger partial charge in [0.2, 0.25) is 0 Å². The summed E-state index contributed by atoms with van der Waals surface area (Å²) in [6.45, 7) is 2.72. The fourth-order valence-corrected chi connectivity index (χ4v) is 2.35. The first kappa shape index (κ1) is 11.5. The van der Waals surface area contributed by atoms with E-state index in [0.717, 1.165) is 5.75 Å². The average molecular weight is 219 g/mol. The summed E-state index contributed by atoms with van der Waals surface area (Å²) in [4.78, 5) is 0. The van der Waals surface area contributed by atoms with Crippen LogP contribution in [0.2, 0.25) is 0 Å². The SMILES string of the molecule is Cc1ccc(OCC(N)C2CCCC2)cc1. The minimum atomic E-state index is 0.198. The first-order valence-electron chi connectivity index (χ1n) is 6.21. The average Bonchev–Trinajstić information content (AvgIpc) is 2.81. The van der Waals surface area contributed by atoms with Gasteiger partial charge in [-0.25, -0.2) is 0 Å². The zero-order chi connectivity index (χ0) is 11.4. The van der Waals surface area contributed by atoms with Crippen LogP contribution in [0.4, 0.5) is 0 Å². The zero-order valence-electron chi connectivity index (χ0n) is 9.99. The van der Waals surface area contributed by atoms with Crippen molar-refractivity contribution in [1.29, 1.82) is 0 Å². The largest absolute Gasteiger partial charge is 0.492 e. The number of rotatable bonds is 4. The summed E-state index contributed by atoms with van der Waals surface area (Å²) in [5.41, 5.74) is 7.39. The van der Waals surface area contributed by atoms with Crippen LogP contribution in [0, 0.1) is 12.8 Å². The number of ether oxygens (including phenoxy) is 1. The van der Waals surface area contributed by atoms with Gasteiger partial charge in [-0.1, -0.05) is 30.5 Å². The third-order valence-electron chi connectivity index (χ3n) is 3.47. The molecule has 2 heteroatoms. The summed E-state index contributed by atoms with van der Waals surface area (Å²) >= 11 is 0. The maximum Gasteiger partial charge on any atom is 0.119 e. The summed E-state index contributed by atoms with van der Waals surface area (Å²) in [5, 5.41) is 0. The van der Waals surface area contributed by atoms with Gasteiger partial charge < -0.3 is 10.5 Å². The van der Waals surface area contributed by atoms with Gasteiger partial charge in [0, 0.05) is 6.04 Å². The van der Waals surface area contributed by atoms with E-state index in [1.54, 1.807) is 0 Å². The topological polar surface area (TPSA) is 35.2 Å². The van der Waals surface area contributed by atoms with Crippen LogP contribution < -0.4 is 10.5 Å². The summed E-state index contributed by atoms with van der Waals surface area (Å²) < 4.78 is 5.71. The maximum absolute atomic E-state index is 6.13. The van der Waals surface area contributed by atoms with E-state index in [9.17, 15) is 0 Å². The molecule has 0 bridgehead atoms. The summed E-state index contributed by atoms with van der Waals surface area (Å²) in [6, 6.07) is 8.35. The van der Waals surface area contributed by atoms with Crippen molar-refractivity contribution < 1.29 is 4.74 Å². The fourth-order valence-electron chi connectivity index (χ4n) is 2.35. The molecule has 0 amide bonds. The Balaban J connectivity index is 1.80. The van der Waals surface area contributed by atoms with Crippen LogP contribution in [0.15, 0.2) is 24.3 Å². The Morgan fingerprint density at radius 1 is 1.25 bits per heavy atom. The molecule has 1 aliphatic rings. The van der Waals surface area contributed by atoms with Crippen LogP contribution in [-0.2, 0) is 0 Å². The minimum absolute atomic E-state index is 0.198. The maximum atomic E-state index is 6.13. The highest BCUT2D eigenvalue weighted by Crippen LogP contribution is 2.27. The van der Waals surface area contributed by atoms with Crippen LogP contribution in [-0.4, -0.2) is 12.6 Å². The molecule has 1 aliphatic carbocycles. The molecule has 2 nitrogen and oxygen atoms in total. The van der Waals surface area contributed by atoms with Crippen molar-refractivity contribution in [3.8, 4) is 5.75 Å². The van der Waals surface area contributed by atoms with E-state index in [1.807, 2.05) is 12.1 Å². The first-order valence-corrected chi connectivity index (χ1v) is 6.21. The second-order valence-corrected chi connectivity index (χ2v) is 4.83. The number of hydrogen-bond donors (Lipinski definition) is 1. The molecular weight excluding hydrogens is 198 g/mol. The molecule has 0 radical (unpaired) electrons. The van der Waals surface area contributed by atoms with Crippen LogP contribution in [0.25, 0.3) is 0 Å². The van der Waals surface area contributed by atoms with E-state index in [1.165, 1.54) is 31.2 Å². The Morgan fingerprint density at radius 2 is 1.88 bits per heavy atom. The van der Waals surface area contributed by atoms with E-state index in [2.05, 4.69) is 19.1 Å². The van der Waals surface area contributed by atoms with E-state index in [4.69, 9.17) is 10.5 Å². The van der Waals surface area contributed by atoms with Crippen molar-refractivity contribution in [3.05, 3.63) is 29.8 Å². The molecule has 1 aromatic carbocycles. The van der Waals surface area contributed by atoms with Gasteiger partial charge in [-0.2, -0.15) is 0 Å². The van der Waals surface area contributed by atoms with Gasteiger partial charge in [-0.3, -0.25) is 0 Å². The van der Waals surface area contributed by atoms with Crippen molar-refractivity contribution >= 4 is 0 Å². The van der Waals surface area contributed by atoms with Crippen LogP contribution in [0.3, 0.4) is 0 Å². The van der Waals surface area contributed by atoms with Gasteiger partial charge in [-0.15, -0.1) is 0 Å². The third kappa shape index (κ3) is 2.99. The molecule has 0 saturated heterocycles. The molecule has 1 unspecified atom stereocenters. The number of benzene rings is 1. The van der Waals surface area contributed by atoms with Crippen LogP contribution in [0.5, 0.6) is 5.75 Å². The molecule has 1 aromatic rings. The molecule has 0 aromatic heterocycles. The first-order chi connectivity index (χ1) is 7.75. The highest BCUT2D eigenvalue weighted by atomic mass is 16.5. The lowest BCUT2D eigenvalue weighted by molar-refractivity contribution is 0.247. The zero-order valence-corrected chi connectivity index (χ0v) is 9.99. The Hall–Kier alpha value is -1.02. The quantitative estimate of drug-likeness (QED) is 0.845. The second-order valence-electron chi connectivity index (χ2n) is 4.83. The Kier molecular flexibility index (Phi) is 3.83. The Labute approximate surface area is 97.8 Å². The standard InChI is InChI=1S/C14H21NO/c1-11-6-8-13(9-7-11)16-10-14(15)12-4-2-3-5-12/h6-9,12,14H,2-5,10,15H2,1H3. The number of nitrogens with two attached hydrogens (primary N) is 1. The van der Waals surface area contributed by atoms with E-state index < -0.39 is 0 Å². The molecule has 0 spiro atoms. The lowest BCUT2D eigenvalue weighted by atomic mass is 10.00. The lowest BCUT2D eigenvalue weighted by Crippen LogP contribution is -2.34. The van der Waals surface area contributed by atoms with Gasteiger partial charge in [0.25, 0.3) is 0 Å². The minimum Gasteiger partial charge on any atom is -0.492 e. The molecule has 1 saturated carbocycles. The normalized spacial score (nSPS) is 18.6. The van der Waals surface area contributed by atoms with E-state index in [0.29, 0.717) is 12.5 Å². The molecule has 88 valence electrons. The summed E-state index contributed by atoms with van der Waals surface area (Å²) in [5.74, 6) is 1.60. The molecule has 0 heterocycles.